The third-order valence-corrected chi connectivity index (χ3v) is 2.01. The van der Waals surface area contributed by atoms with Crippen molar-refractivity contribution in [2.24, 2.45) is 5.84 Å². The molecule has 1 aromatic rings. The van der Waals surface area contributed by atoms with Gasteiger partial charge in [0.05, 0.1) is 5.69 Å². The fourth-order valence-corrected chi connectivity index (χ4v) is 0.845. The predicted octanol–water partition coefficient (Wildman–Crippen LogP) is 1.86. The maximum atomic E-state index is 5.14. The summed E-state index contributed by atoms with van der Waals surface area (Å²) in [5.74, 6) is 5.82. The Morgan fingerprint density at radius 3 is 2.64 bits per heavy atom. The van der Waals surface area contributed by atoms with Crippen LogP contribution >= 0.6 is 28.3 Å². The van der Waals surface area contributed by atoms with Crippen molar-refractivity contribution in [2.75, 3.05) is 5.43 Å². The number of halogens is 2. The Bertz CT molecular complexity index is 241. The molecule has 11 heavy (non-hydrogen) atoms. The summed E-state index contributed by atoms with van der Waals surface area (Å²) in [6, 6.07) is 3.70. The molecule has 1 heterocycles. The summed E-state index contributed by atoms with van der Waals surface area (Å²) in [6.07, 6.45) is 0. The quantitative estimate of drug-likeness (QED) is 0.580. The molecule has 0 radical (unpaired) electrons. The highest BCUT2D eigenvalue weighted by atomic mass is 79.9. The average Bonchev–Trinajstić information content (AvgIpc) is 1.95. The van der Waals surface area contributed by atoms with E-state index < -0.39 is 0 Å². The Hall–Kier alpha value is -0.320. The van der Waals surface area contributed by atoms with E-state index in [1.54, 1.807) is 6.07 Å². The number of pyridine rings is 1. The van der Waals surface area contributed by atoms with Crippen molar-refractivity contribution in [3.8, 4) is 0 Å². The Labute approximate surface area is 79.9 Å². The van der Waals surface area contributed by atoms with Gasteiger partial charge in [-0.05, 0) is 35.0 Å². The molecule has 1 aromatic heterocycles. The zero-order chi connectivity index (χ0) is 7.56. The van der Waals surface area contributed by atoms with Crippen molar-refractivity contribution in [3.63, 3.8) is 0 Å². The van der Waals surface area contributed by atoms with Crippen molar-refractivity contribution in [3.05, 3.63) is 22.3 Å². The number of hydrogen-bond acceptors (Lipinski definition) is 3. The number of nitrogen functional groups attached to an aromatic ring is 1. The van der Waals surface area contributed by atoms with Crippen molar-refractivity contribution in [1.82, 2.24) is 4.98 Å². The molecule has 0 aliphatic heterocycles. The second-order valence-corrected chi connectivity index (χ2v) is 2.76. The number of nitrogens with two attached hydrogens (primary N) is 1. The van der Waals surface area contributed by atoms with Crippen molar-refractivity contribution >= 4 is 34.2 Å². The van der Waals surface area contributed by atoms with E-state index in [-0.39, 0.29) is 12.4 Å². The lowest BCUT2D eigenvalue weighted by Gasteiger charge is -2.00. The lowest BCUT2D eigenvalue weighted by molar-refractivity contribution is 1.15. The molecule has 0 bridgehead atoms. The van der Waals surface area contributed by atoms with E-state index in [2.05, 4.69) is 26.3 Å². The van der Waals surface area contributed by atoms with Crippen LogP contribution in [0.2, 0.25) is 0 Å². The fourth-order valence-electron chi connectivity index (χ4n) is 0.624. The number of nitrogens with zero attached hydrogens (tertiary/aromatic N) is 1. The van der Waals surface area contributed by atoms with Gasteiger partial charge in [-0.25, -0.2) is 10.8 Å². The predicted molar refractivity (Wildman–Crippen MR) is 51.7 cm³/mol. The van der Waals surface area contributed by atoms with E-state index in [0.717, 1.165) is 10.2 Å². The number of hydrogen-bond donors (Lipinski definition) is 2. The summed E-state index contributed by atoms with van der Waals surface area (Å²) in [4.78, 5) is 4.11. The molecule has 0 saturated heterocycles. The number of rotatable bonds is 1. The maximum Gasteiger partial charge on any atom is 0.140 e. The van der Waals surface area contributed by atoms with Gasteiger partial charge in [-0.2, -0.15) is 0 Å². The van der Waals surface area contributed by atoms with E-state index >= 15 is 0 Å². The average molecular weight is 239 g/mol. The Morgan fingerprint density at radius 2 is 2.18 bits per heavy atom. The fraction of sp³-hybridized carbons (Fsp3) is 0.167. The number of nitrogens with one attached hydrogen (secondary N) is 1. The molecule has 0 saturated carbocycles. The second kappa shape index (κ2) is 4.54. The molecule has 0 aliphatic rings. The van der Waals surface area contributed by atoms with Crippen LogP contribution in [0.4, 0.5) is 5.82 Å². The first-order chi connectivity index (χ1) is 4.74. The molecule has 0 atom stereocenters. The van der Waals surface area contributed by atoms with E-state index in [9.17, 15) is 0 Å². The molecule has 3 nitrogen and oxygen atoms in total. The molecule has 3 N–H and O–H groups in total. The second-order valence-electron chi connectivity index (χ2n) is 1.91. The van der Waals surface area contributed by atoms with Gasteiger partial charge in [0.15, 0.2) is 0 Å². The third-order valence-electron chi connectivity index (χ3n) is 1.17. The van der Waals surface area contributed by atoms with Gasteiger partial charge in [-0.1, -0.05) is 0 Å². The van der Waals surface area contributed by atoms with Crippen LogP contribution in [0.5, 0.6) is 0 Å². The van der Waals surface area contributed by atoms with Crippen LogP contribution in [0.15, 0.2) is 16.6 Å². The first-order valence-electron chi connectivity index (χ1n) is 2.84. The van der Waals surface area contributed by atoms with Crippen LogP contribution in [-0.4, -0.2) is 4.98 Å². The SMILES string of the molecule is Cc1nc(NN)ccc1Br.Cl. The topological polar surface area (TPSA) is 50.9 Å². The summed E-state index contributed by atoms with van der Waals surface area (Å²) in [5, 5.41) is 0. The van der Waals surface area contributed by atoms with Gasteiger partial charge in [0.25, 0.3) is 0 Å². The Morgan fingerprint density at radius 1 is 1.55 bits per heavy atom. The molecular weight excluding hydrogens is 229 g/mol. The number of aromatic nitrogens is 1. The zero-order valence-corrected chi connectivity index (χ0v) is 8.37. The van der Waals surface area contributed by atoms with Gasteiger partial charge < -0.3 is 5.43 Å². The summed E-state index contributed by atoms with van der Waals surface area (Å²) < 4.78 is 0.992. The van der Waals surface area contributed by atoms with Crippen LogP contribution in [-0.2, 0) is 0 Å². The highest BCUT2D eigenvalue weighted by Gasteiger charge is 1.95. The monoisotopic (exact) mass is 237 g/mol. The van der Waals surface area contributed by atoms with Gasteiger partial charge in [-0.15, -0.1) is 12.4 Å². The standard InChI is InChI=1S/C6H8BrN3.ClH/c1-4-5(7)2-3-6(9-4)10-8;/h2-3H,8H2,1H3,(H,9,10);1H. The van der Waals surface area contributed by atoms with Crippen molar-refractivity contribution in [2.45, 2.75) is 6.92 Å². The molecule has 0 fully saturated rings. The molecule has 0 aliphatic carbocycles. The summed E-state index contributed by atoms with van der Waals surface area (Å²) >= 11 is 3.33. The highest BCUT2D eigenvalue weighted by molar-refractivity contribution is 9.10. The van der Waals surface area contributed by atoms with Crippen LogP contribution < -0.4 is 11.3 Å². The summed E-state index contributed by atoms with van der Waals surface area (Å²) in [7, 11) is 0. The van der Waals surface area contributed by atoms with Gasteiger partial charge in [0.2, 0.25) is 0 Å². The lowest BCUT2D eigenvalue weighted by Crippen LogP contribution is -2.08. The Kier molecular flexibility index (Phi) is 4.40. The van der Waals surface area contributed by atoms with Crippen LogP contribution in [0.25, 0.3) is 0 Å². The van der Waals surface area contributed by atoms with Gasteiger partial charge in [0.1, 0.15) is 5.82 Å². The minimum Gasteiger partial charge on any atom is -0.308 e. The zero-order valence-electron chi connectivity index (χ0n) is 5.97. The molecule has 1 rings (SSSR count). The van der Waals surface area contributed by atoms with E-state index in [4.69, 9.17) is 5.84 Å². The van der Waals surface area contributed by atoms with Crippen LogP contribution in [0.1, 0.15) is 5.69 Å². The normalized spacial score (nSPS) is 8.64. The van der Waals surface area contributed by atoms with Crippen molar-refractivity contribution in [1.29, 1.82) is 0 Å². The van der Waals surface area contributed by atoms with Crippen LogP contribution in [0.3, 0.4) is 0 Å². The summed E-state index contributed by atoms with van der Waals surface area (Å²) in [5.41, 5.74) is 3.39. The largest absolute Gasteiger partial charge is 0.308 e. The molecule has 62 valence electrons. The maximum absolute atomic E-state index is 5.14. The first-order valence-corrected chi connectivity index (χ1v) is 3.63. The number of aryl methyl sites for hydroxylation is 1. The minimum atomic E-state index is 0. The first kappa shape index (κ1) is 10.7. The van der Waals surface area contributed by atoms with Gasteiger partial charge in [-0.3, -0.25) is 0 Å². The molecule has 0 unspecified atom stereocenters. The molecule has 5 heteroatoms. The van der Waals surface area contributed by atoms with E-state index in [1.807, 2.05) is 13.0 Å². The van der Waals surface area contributed by atoms with Gasteiger partial charge >= 0.3 is 0 Å². The molecule has 0 spiro atoms. The van der Waals surface area contributed by atoms with E-state index in [1.165, 1.54) is 0 Å². The minimum absolute atomic E-state index is 0. The molecular formula is C6H9BrClN3. The third kappa shape index (κ3) is 2.65. The van der Waals surface area contributed by atoms with Crippen molar-refractivity contribution < 1.29 is 0 Å². The van der Waals surface area contributed by atoms with Crippen LogP contribution in [0, 0.1) is 6.92 Å². The summed E-state index contributed by atoms with van der Waals surface area (Å²) in [6.45, 7) is 1.91. The number of anilines is 1. The number of hydrazine groups is 1. The Balaban J connectivity index is 0.000001000. The molecule has 0 aromatic carbocycles. The lowest BCUT2D eigenvalue weighted by atomic mass is 10.4. The highest BCUT2D eigenvalue weighted by Crippen LogP contribution is 2.15. The smallest absolute Gasteiger partial charge is 0.140 e. The molecule has 0 amide bonds. The van der Waals surface area contributed by atoms with Gasteiger partial charge in [0, 0.05) is 4.47 Å². The van der Waals surface area contributed by atoms with E-state index in [0.29, 0.717) is 5.82 Å².